The highest BCUT2D eigenvalue weighted by atomic mass is 16.2. The van der Waals surface area contributed by atoms with Gasteiger partial charge in [-0.25, -0.2) is 9.67 Å². The Bertz CT molecular complexity index is 910. The molecule has 2 heterocycles. The number of ketones is 1. The number of anilines is 1. The zero-order chi connectivity index (χ0) is 17.2. The average Bonchev–Trinajstić information content (AvgIpc) is 3.27. The first kappa shape index (κ1) is 15.3. The highest BCUT2D eigenvalue weighted by molar-refractivity contribution is 6.13. The molecule has 4 rings (SSSR count). The maximum absolute atomic E-state index is 12.5. The number of H-pyrrole nitrogens is 1. The van der Waals surface area contributed by atoms with Gasteiger partial charge in [0.1, 0.15) is 12.7 Å². The molecule has 7 nitrogen and oxygen atoms in total. The molecule has 0 aliphatic heterocycles. The molecular weight excluding hydrogens is 318 g/mol. The number of Topliss-reactive ketones (excluding diaryl/α,β-unsaturated/α-hetero) is 1. The molecule has 25 heavy (non-hydrogen) atoms. The third-order valence-corrected chi connectivity index (χ3v) is 4.34. The van der Waals surface area contributed by atoms with Gasteiger partial charge >= 0.3 is 0 Å². The summed E-state index contributed by atoms with van der Waals surface area (Å²) in [5.74, 6) is -0.229. The Labute approximate surface area is 144 Å². The molecule has 0 fully saturated rings. The lowest BCUT2D eigenvalue weighted by molar-refractivity contribution is 0.0956. The number of nitrogens with one attached hydrogen (secondary N) is 2. The molecule has 2 aromatic heterocycles. The summed E-state index contributed by atoms with van der Waals surface area (Å²) in [7, 11) is 0. The number of benzene rings is 1. The molecule has 0 saturated carbocycles. The summed E-state index contributed by atoms with van der Waals surface area (Å²) in [5, 5.41) is 6.92. The van der Waals surface area contributed by atoms with E-state index in [9.17, 15) is 9.59 Å². The lowest BCUT2D eigenvalue weighted by Gasteiger charge is -2.12. The first-order valence-electron chi connectivity index (χ1n) is 8.17. The Balaban J connectivity index is 1.48. The van der Waals surface area contributed by atoms with Gasteiger partial charge in [-0.1, -0.05) is 12.1 Å². The number of rotatable bonds is 4. The number of aromatic nitrogens is 4. The quantitative estimate of drug-likeness (QED) is 0.766. The molecule has 1 amide bonds. The summed E-state index contributed by atoms with van der Waals surface area (Å²) in [6, 6.07) is 7.53. The van der Waals surface area contributed by atoms with Crippen molar-refractivity contribution in [3.8, 4) is 0 Å². The zero-order valence-corrected chi connectivity index (χ0v) is 13.5. The van der Waals surface area contributed by atoms with Crippen LogP contribution in [0.15, 0.2) is 43.1 Å². The number of aryl methyl sites for hydroxylation is 1. The first-order chi connectivity index (χ1) is 12.2. The van der Waals surface area contributed by atoms with Crippen LogP contribution < -0.4 is 5.32 Å². The highest BCUT2D eigenvalue weighted by Crippen LogP contribution is 2.24. The Hall–Kier alpha value is -3.22. The van der Waals surface area contributed by atoms with Crippen molar-refractivity contribution < 1.29 is 9.59 Å². The SMILES string of the molecule is O=C(Nc1ccc(Cn2cncn2)cc1)c1c[nH]c2c1C(=O)CCC2. The number of hydrogen-bond donors (Lipinski definition) is 2. The van der Waals surface area contributed by atoms with Crippen molar-refractivity contribution >= 4 is 17.4 Å². The van der Waals surface area contributed by atoms with Gasteiger partial charge in [0.2, 0.25) is 0 Å². The second-order valence-corrected chi connectivity index (χ2v) is 6.08. The number of fused-ring (bicyclic) bond motifs is 1. The summed E-state index contributed by atoms with van der Waals surface area (Å²) >= 11 is 0. The number of carbonyl (C=O) groups excluding carboxylic acids is 2. The average molecular weight is 335 g/mol. The lowest BCUT2D eigenvalue weighted by Crippen LogP contribution is -2.17. The number of nitrogens with zero attached hydrogens (tertiary/aromatic N) is 3. The maximum Gasteiger partial charge on any atom is 0.257 e. The molecule has 126 valence electrons. The van der Waals surface area contributed by atoms with E-state index in [1.54, 1.807) is 17.2 Å². The van der Waals surface area contributed by atoms with E-state index >= 15 is 0 Å². The van der Waals surface area contributed by atoms with Crippen LogP contribution in [0.4, 0.5) is 5.69 Å². The molecule has 0 atom stereocenters. The molecule has 0 spiro atoms. The van der Waals surface area contributed by atoms with E-state index in [2.05, 4.69) is 20.4 Å². The molecule has 1 aromatic carbocycles. The Morgan fingerprint density at radius 2 is 2.08 bits per heavy atom. The molecule has 0 unspecified atom stereocenters. The minimum atomic E-state index is -0.267. The van der Waals surface area contributed by atoms with Gasteiger partial charge in [-0.15, -0.1) is 0 Å². The van der Waals surface area contributed by atoms with Crippen molar-refractivity contribution in [2.45, 2.75) is 25.8 Å². The van der Waals surface area contributed by atoms with Crippen molar-refractivity contribution in [2.24, 2.45) is 0 Å². The van der Waals surface area contributed by atoms with Crippen LogP contribution in [0.3, 0.4) is 0 Å². The van der Waals surface area contributed by atoms with Crippen molar-refractivity contribution in [3.05, 3.63) is 65.5 Å². The summed E-state index contributed by atoms with van der Waals surface area (Å²) in [4.78, 5) is 31.6. The Morgan fingerprint density at radius 3 is 2.84 bits per heavy atom. The third kappa shape index (κ3) is 3.08. The van der Waals surface area contributed by atoms with Gasteiger partial charge in [0.25, 0.3) is 5.91 Å². The van der Waals surface area contributed by atoms with Gasteiger partial charge in [-0.3, -0.25) is 9.59 Å². The van der Waals surface area contributed by atoms with Crippen molar-refractivity contribution in [2.75, 3.05) is 5.32 Å². The largest absolute Gasteiger partial charge is 0.364 e. The monoisotopic (exact) mass is 335 g/mol. The fraction of sp³-hybridized carbons (Fsp3) is 0.222. The second-order valence-electron chi connectivity index (χ2n) is 6.08. The van der Waals surface area contributed by atoms with E-state index in [0.717, 1.165) is 24.1 Å². The molecule has 0 saturated heterocycles. The molecule has 3 aromatic rings. The highest BCUT2D eigenvalue weighted by Gasteiger charge is 2.25. The van der Waals surface area contributed by atoms with Crippen LogP contribution in [0.2, 0.25) is 0 Å². The van der Waals surface area contributed by atoms with Crippen LogP contribution in [0, 0.1) is 0 Å². The normalized spacial score (nSPS) is 13.5. The molecule has 1 aliphatic carbocycles. The Kier molecular flexibility index (Phi) is 3.89. The summed E-state index contributed by atoms with van der Waals surface area (Å²) in [5.41, 5.74) is 3.57. The molecular formula is C18H17N5O2. The fourth-order valence-electron chi connectivity index (χ4n) is 3.11. The van der Waals surface area contributed by atoms with Crippen LogP contribution >= 0.6 is 0 Å². The van der Waals surface area contributed by atoms with Gasteiger partial charge in [0, 0.05) is 24.0 Å². The van der Waals surface area contributed by atoms with E-state index in [-0.39, 0.29) is 11.7 Å². The van der Waals surface area contributed by atoms with E-state index in [0.29, 0.717) is 29.8 Å². The standard InChI is InChI=1S/C18H17N5O2/c24-16-3-1-2-15-17(16)14(8-20-15)18(25)22-13-6-4-12(5-7-13)9-23-11-19-10-21-23/h4-8,10-11,20H,1-3,9H2,(H,22,25). The summed E-state index contributed by atoms with van der Waals surface area (Å²) in [6.07, 6.45) is 6.92. The Morgan fingerprint density at radius 1 is 1.24 bits per heavy atom. The minimum Gasteiger partial charge on any atom is -0.364 e. The van der Waals surface area contributed by atoms with Crippen molar-refractivity contribution in [3.63, 3.8) is 0 Å². The fourth-order valence-corrected chi connectivity index (χ4v) is 3.11. The van der Waals surface area contributed by atoms with Crippen molar-refractivity contribution in [1.82, 2.24) is 19.7 Å². The first-order valence-corrected chi connectivity index (χ1v) is 8.17. The minimum absolute atomic E-state index is 0.0378. The lowest BCUT2D eigenvalue weighted by atomic mass is 9.93. The third-order valence-electron chi connectivity index (χ3n) is 4.34. The smallest absolute Gasteiger partial charge is 0.257 e. The molecule has 0 radical (unpaired) electrons. The van der Waals surface area contributed by atoms with E-state index in [4.69, 9.17) is 0 Å². The van der Waals surface area contributed by atoms with Crippen molar-refractivity contribution in [1.29, 1.82) is 0 Å². The summed E-state index contributed by atoms with van der Waals surface area (Å²) in [6.45, 7) is 0.619. The van der Waals surface area contributed by atoms with Crippen LogP contribution in [-0.2, 0) is 13.0 Å². The van der Waals surface area contributed by atoms with Gasteiger partial charge in [-0.2, -0.15) is 5.10 Å². The molecule has 0 bridgehead atoms. The van der Waals surface area contributed by atoms with E-state index in [1.807, 2.05) is 24.3 Å². The number of carbonyl (C=O) groups is 2. The van der Waals surface area contributed by atoms with Gasteiger partial charge in [0.05, 0.1) is 17.7 Å². The predicted molar refractivity (Wildman–Crippen MR) is 91.6 cm³/mol. The van der Waals surface area contributed by atoms with Crippen LogP contribution in [0.25, 0.3) is 0 Å². The second kappa shape index (κ2) is 6.35. The van der Waals surface area contributed by atoms with E-state index in [1.165, 1.54) is 6.33 Å². The molecule has 1 aliphatic rings. The maximum atomic E-state index is 12.5. The summed E-state index contributed by atoms with van der Waals surface area (Å²) < 4.78 is 1.73. The van der Waals surface area contributed by atoms with Crippen LogP contribution in [0.1, 0.15) is 44.8 Å². The van der Waals surface area contributed by atoms with Crippen LogP contribution in [-0.4, -0.2) is 31.4 Å². The van der Waals surface area contributed by atoms with Gasteiger partial charge in [0.15, 0.2) is 5.78 Å². The number of amides is 1. The van der Waals surface area contributed by atoms with Gasteiger partial charge < -0.3 is 10.3 Å². The number of hydrogen-bond acceptors (Lipinski definition) is 4. The van der Waals surface area contributed by atoms with Crippen LogP contribution in [0.5, 0.6) is 0 Å². The zero-order valence-electron chi connectivity index (χ0n) is 13.5. The molecule has 7 heteroatoms. The van der Waals surface area contributed by atoms with Gasteiger partial charge in [-0.05, 0) is 30.5 Å². The topological polar surface area (TPSA) is 92.7 Å². The predicted octanol–water partition coefficient (Wildman–Crippen LogP) is 2.43. The van der Waals surface area contributed by atoms with E-state index < -0.39 is 0 Å². The number of aromatic amines is 1. The molecule has 2 N–H and O–H groups in total.